The summed E-state index contributed by atoms with van der Waals surface area (Å²) in [5.74, 6) is 4.85. The Labute approximate surface area is 386 Å². The molecule has 0 fully saturated rings. The zero-order chi connectivity index (χ0) is 45.5. The highest BCUT2D eigenvalue weighted by Crippen LogP contribution is 2.40. The summed E-state index contributed by atoms with van der Waals surface area (Å²) in [6.45, 7) is 0.260. The van der Waals surface area contributed by atoms with Crippen LogP contribution in [0.3, 0.4) is 0 Å². The molecule has 0 aliphatic carbocycles. The standard InChI is InChI=1S/C50H42Cl2N2O10S/c1-57-45-27-39-41(29-47(45)59-3)53-19-15-43(39)63-37-11-13-49(31(23-37)17-21-61-35-9-5-7-33(51)25-35)65(55,56)50-14-12-38(24-32(50)18-22-62-36-10-6-8-34(52)26-36)64-44-16-20-54-42-30-48(60-4)46(58-2)28-40(42)44/h5-16,19-20,23-30H,17-18,21-22H2,1-4H3. The van der Waals surface area contributed by atoms with Crippen LogP contribution in [0.25, 0.3) is 21.8 Å². The molecule has 8 rings (SSSR count). The lowest BCUT2D eigenvalue weighted by molar-refractivity contribution is 0.320. The first-order chi connectivity index (χ1) is 31.6. The minimum atomic E-state index is -4.23. The molecule has 0 bridgehead atoms. The summed E-state index contributed by atoms with van der Waals surface area (Å²) >= 11 is 12.5. The monoisotopic (exact) mass is 932 g/mol. The Bertz CT molecular complexity index is 2930. The summed E-state index contributed by atoms with van der Waals surface area (Å²) in [6, 6.07) is 34.3. The van der Waals surface area contributed by atoms with Gasteiger partial charge < -0.3 is 37.9 Å². The highest BCUT2D eigenvalue weighted by molar-refractivity contribution is 7.91. The summed E-state index contributed by atoms with van der Waals surface area (Å²) in [5.41, 5.74) is 2.14. The van der Waals surface area contributed by atoms with Gasteiger partial charge in [0.15, 0.2) is 23.0 Å². The predicted molar refractivity (Wildman–Crippen MR) is 249 cm³/mol. The molecule has 332 valence electrons. The maximum atomic E-state index is 15.1. The summed E-state index contributed by atoms with van der Waals surface area (Å²) in [5, 5.41) is 2.35. The highest BCUT2D eigenvalue weighted by atomic mass is 35.5. The molecule has 0 aliphatic heterocycles. The summed E-state index contributed by atoms with van der Waals surface area (Å²) < 4.78 is 77.4. The maximum absolute atomic E-state index is 15.1. The number of fused-ring (bicyclic) bond motifs is 2. The van der Waals surface area contributed by atoms with Gasteiger partial charge in [-0.05, 0) is 108 Å². The van der Waals surface area contributed by atoms with Crippen molar-refractivity contribution >= 4 is 54.8 Å². The summed E-state index contributed by atoms with van der Waals surface area (Å²) in [4.78, 5) is 9.11. The molecule has 12 nitrogen and oxygen atoms in total. The second kappa shape index (κ2) is 19.9. The van der Waals surface area contributed by atoms with Crippen LogP contribution < -0.4 is 37.9 Å². The van der Waals surface area contributed by atoms with E-state index in [4.69, 9.17) is 61.1 Å². The van der Waals surface area contributed by atoms with E-state index in [9.17, 15) is 0 Å². The summed E-state index contributed by atoms with van der Waals surface area (Å²) in [7, 11) is 1.97. The average molecular weight is 934 g/mol. The van der Waals surface area contributed by atoms with Crippen LogP contribution in [-0.2, 0) is 22.7 Å². The van der Waals surface area contributed by atoms with Crippen molar-refractivity contribution < 1.29 is 46.3 Å². The van der Waals surface area contributed by atoms with Crippen LogP contribution in [-0.4, -0.2) is 60.0 Å². The third kappa shape index (κ3) is 10.1. The van der Waals surface area contributed by atoms with Gasteiger partial charge in [0.1, 0.15) is 34.5 Å². The first-order valence-electron chi connectivity index (χ1n) is 20.2. The fourth-order valence-electron chi connectivity index (χ4n) is 7.27. The normalized spacial score (nSPS) is 11.3. The number of pyridine rings is 2. The Morgan fingerprint density at radius 1 is 0.462 bits per heavy atom. The van der Waals surface area contributed by atoms with E-state index in [-0.39, 0.29) is 35.8 Å². The van der Waals surface area contributed by atoms with Gasteiger partial charge in [0.2, 0.25) is 9.84 Å². The van der Waals surface area contributed by atoms with Crippen molar-refractivity contribution in [2.75, 3.05) is 41.7 Å². The van der Waals surface area contributed by atoms with E-state index in [0.29, 0.717) is 100 Å². The molecule has 15 heteroatoms. The topological polar surface area (TPSA) is 134 Å². The van der Waals surface area contributed by atoms with Gasteiger partial charge in [-0.1, -0.05) is 35.3 Å². The zero-order valence-corrected chi connectivity index (χ0v) is 38.0. The molecule has 0 aliphatic rings. The van der Waals surface area contributed by atoms with Crippen molar-refractivity contribution in [2.24, 2.45) is 0 Å². The number of benzene rings is 6. The van der Waals surface area contributed by atoms with Gasteiger partial charge in [0.25, 0.3) is 0 Å². The fourth-order valence-corrected chi connectivity index (χ4v) is 9.37. The van der Waals surface area contributed by atoms with Gasteiger partial charge >= 0.3 is 0 Å². The Morgan fingerprint density at radius 3 is 1.28 bits per heavy atom. The van der Waals surface area contributed by atoms with E-state index in [1.807, 2.05) is 0 Å². The van der Waals surface area contributed by atoms with E-state index in [0.717, 1.165) is 0 Å². The van der Waals surface area contributed by atoms with Crippen LogP contribution in [0, 0.1) is 0 Å². The number of rotatable bonds is 18. The number of sulfone groups is 1. The van der Waals surface area contributed by atoms with E-state index >= 15 is 8.42 Å². The van der Waals surface area contributed by atoms with Gasteiger partial charge in [-0.2, -0.15) is 0 Å². The number of halogens is 2. The van der Waals surface area contributed by atoms with Crippen molar-refractivity contribution in [1.29, 1.82) is 0 Å². The predicted octanol–water partition coefficient (Wildman–Crippen LogP) is 11.8. The molecular weight excluding hydrogens is 892 g/mol. The third-order valence-electron chi connectivity index (χ3n) is 10.4. The van der Waals surface area contributed by atoms with E-state index in [2.05, 4.69) is 9.97 Å². The second-order valence-electron chi connectivity index (χ2n) is 14.4. The molecule has 65 heavy (non-hydrogen) atoms. The molecule has 0 spiro atoms. The van der Waals surface area contributed by atoms with Crippen LogP contribution in [0.15, 0.2) is 144 Å². The molecule has 6 aromatic carbocycles. The molecule has 0 N–H and O–H groups in total. The van der Waals surface area contributed by atoms with Gasteiger partial charge in [-0.15, -0.1) is 0 Å². The van der Waals surface area contributed by atoms with Crippen molar-refractivity contribution in [3.63, 3.8) is 0 Å². The van der Waals surface area contributed by atoms with Gasteiger partial charge in [-0.25, -0.2) is 8.42 Å². The number of methoxy groups -OCH3 is 4. The Kier molecular flexibility index (Phi) is 13.6. The number of ether oxygens (including phenoxy) is 8. The van der Waals surface area contributed by atoms with Crippen LogP contribution in [0.4, 0.5) is 0 Å². The SMILES string of the molecule is COc1cc2nccc(Oc3ccc(S(=O)(=O)c4ccc(Oc5ccnc6cc(OC)c(OC)cc56)cc4CCOc4cccc(Cl)c4)c(CCOc4cccc(Cl)c4)c3)c2cc1OC. The average Bonchev–Trinajstić information content (AvgIpc) is 3.31. The molecule has 0 unspecified atom stereocenters. The number of hydrogen-bond acceptors (Lipinski definition) is 12. The molecule has 0 amide bonds. The van der Waals surface area contributed by atoms with Crippen LogP contribution in [0.2, 0.25) is 10.0 Å². The zero-order valence-electron chi connectivity index (χ0n) is 35.7. The Hall–Kier alpha value is -6.93. The number of aromatic nitrogens is 2. The molecular formula is C50H42Cl2N2O10S. The quantitative estimate of drug-likeness (QED) is 0.0811. The number of nitrogens with zero attached hydrogens (tertiary/aromatic N) is 2. The molecule has 2 heterocycles. The molecule has 2 aromatic heterocycles. The van der Waals surface area contributed by atoms with E-state index in [1.165, 1.54) is 0 Å². The smallest absolute Gasteiger partial charge is 0.207 e. The van der Waals surface area contributed by atoms with Gasteiger partial charge in [-0.3, -0.25) is 9.97 Å². The third-order valence-corrected chi connectivity index (χ3v) is 12.8. The largest absolute Gasteiger partial charge is 0.493 e. The van der Waals surface area contributed by atoms with E-state index in [1.54, 1.807) is 162 Å². The lowest BCUT2D eigenvalue weighted by atomic mass is 10.1. The van der Waals surface area contributed by atoms with Crippen molar-refractivity contribution in [2.45, 2.75) is 22.6 Å². The maximum Gasteiger partial charge on any atom is 0.207 e. The van der Waals surface area contributed by atoms with Crippen molar-refractivity contribution in [1.82, 2.24) is 9.97 Å². The fraction of sp³-hybridized carbons (Fsp3) is 0.160. The molecule has 8 aromatic rings. The minimum Gasteiger partial charge on any atom is -0.493 e. The Balaban J connectivity index is 1.18. The van der Waals surface area contributed by atoms with Crippen molar-refractivity contribution in [3.05, 3.63) is 155 Å². The van der Waals surface area contributed by atoms with Crippen LogP contribution in [0.5, 0.6) is 57.5 Å². The molecule has 0 atom stereocenters. The van der Waals surface area contributed by atoms with Crippen molar-refractivity contribution in [3.8, 4) is 57.5 Å². The van der Waals surface area contributed by atoms with Gasteiger partial charge in [0, 0.05) is 58.2 Å². The Morgan fingerprint density at radius 2 is 0.877 bits per heavy atom. The first-order valence-corrected chi connectivity index (χ1v) is 22.5. The van der Waals surface area contributed by atoms with Crippen LogP contribution in [0.1, 0.15) is 11.1 Å². The lowest BCUT2D eigenvalue weighted by Gasteiger charge is -2.18. The second-order valence-corrected chi connectivity index (χ2v) is 17.2. The van der Waals surface area contributed by atoms with Crippen LogP contribution >= 0.6 is 23.2 Å². The highest BCUT2D eigenvalue weighted by Gasteiger charge is 2.26. The van der Waals surface area contributed by atoms with E-state index < -0.39 is 9.84 Å². The summed E-state index contributed by atoms with van der Waals surface area (Å²) in [6.07, 6.45) is 3.63. The molecule has 0 radical (unpaired) electrons. The minimum absolute atomic E-state index is 0.0670. The van der Waals surface area contributed by atoms with Gasteiger partial charge in [0.05, 0.1) is 62.5 Å². The molecule has 0 saturated carbocycles. The number of hydrogen-bond donors (Lipinski definition) is 0. The first kappa shape index (κ1) is 44.7. The molecule has 0 saturated heterocycles. The lowest BCUT2D eigenvalue weighted by Crippen LogP contribution is -2.13.